The highest BCUT2D eigenvalue weighted by Crippen LogP contribution is 2.35. The summed E-state index contributed by atoms with van der Waals surface area (Å²) in [6, 6.07) is 16.9. The van der Waals surface area contributed by atoms with Gasteiger partial charge in [-0.3, -0.25) is 9.69 Å². The SMILES string of the molecule is CC(C)(C)c1ccc(OCC(=O)N2CCN(Cc3ccccc3)CC2)c(C(C)(C)C)c1. The molecule has 168 valence electrons. The van der Waals surface area contributed by atoms with E-state index in [-0.39, 0.29) is 23.3 Å². The van der Waals surface area contributed by atoms with Gasteiger partial charge >= 0.3 is 0 Å². The zero-order valence-electron chi connectivity index (χ0n) is 20.1. The Morgan fingerprint density at radius 2 is 1.52 bits per heavy atom. The number of ether oxygens (including phenoxy) is 1. The maximum atomic E-state index is 12.8. The van der Waals surface area contributed by atoms with Gasteiger partial charge in [0, 0.05) is 32.7 Å². The second kappa shape index (κ2) is 9.44. The van der Waals surface area contributed by atoms with Gasteiger partial charge in [-0.1, -0.05) is 84.0 Å². The summed E-state index contributed by atoms with van der Waals surface area (Å²) in [4.78, 5) is 17.1. The van der Waals surface area contributed by atoms with Crippen molar-refractivity contribution in [3.05, 3.63) is 65.2 Å². The molecule has 0 bridgehead atoms. The average molecular weight is 423 g/mol. The molecule has 0 unspecified atom stereocenters. The lowest BCUT2D eigenvalue weighted by atomic mass is 9.80. The van der Waals surface area contributed by atoms with Crippen LogP contribution in [-0.4, -0.2) is 48.5 Å². The molecular weight excluding hydrogens is 384 g/mol. The highest BCUT2D eigenvalue weighted by Gasteiger charge is 2.25. The molecule has 0 spiro atoms. The number of rotatable bonds is 5. The Morgan fingerprint density at radius 1 is 0.871 bits per heavy atom. The molecule has 0 aromatic heterocycles. The van der Waals surface area contributed by atoms with Gasteiger partial charge in [-0.15, -0.1) is 0 Å². The minimum absolute atomic E-state index is 0.0529. The largest absolute Gasteiger partial charge is 0.483 e. The average Bonchev–Trinajstić information content (AvgIpc) is 2.72. The Morgan fingerprint density at radius 3 is 2.10 bits per heavy atom. The van der Waals surface area contributed by atoms with E-state index >= 15 is 0 Å². The molecule has 2 aromatic rings. The Bertz CT molecular complexity index is 870. The summed E-state index contributed by atoms with van der Waals surface area (Å²) < 4.78 is 6.06. The van der Waals surface area contributed by atoms with Crippen molar-refractivity contribution in [1.82, 2.24) is 9.80 Å². The number of amides is 1. The molecule has 4 heteroatoms. The molecule has 0 saturated carbocycles. The van der Waals surface area contributed by atoms with E-state index in [0.29, 0.717) is 0 Å². The van der Waals surface area contributed by atoms with E-state index < -0.39 is 0 Å². The smallest absolute Gasteiger partial charge is 0.260 e. The topological polar surface area (TPSA) is 32.8 Å². The van der Waals surface area contributed by atoms with Crippen LogP contribution < -0.4 is 4.74 Å². The fraction of sp³-hybridized carbons (Fsp3) is 0.519. The first-order chi connectivity index (χ1) is 14.5. The summed E-state index contributed by atoms with van der Waals surface area (Å²) in [5.41, 5.74) is 3.78. The van der Waals surface area contributed by atoms with Crippen LogP contribution in [0.4, 0.5) is 0 Å². The Labute approximate surface area is 188 Å². The molecule has 2 aromatic carbocycles. The van der Waals surface area contributed by atoms with E-state index in [9.17, 15) is 4.79 Å². The predicted octanol–water partition coefficient (Wildman–Crippen LogP) is 5.00. The molecule has 4 nitrogen and oxygen atoms in total. The van der Waals surface area contributed by atoms with E-state index in [1.54, 1.807) is 0 Å². The molecule has 0 atom stereocenters. The molecule has 1 fully saturated rings. The molecule has 1 aliphatic rings. The Kier molecular flexibility index (Phi) is 7.10. The van der Waals surface area contributed by atoms with Gasteiger partial charge < -0.3 is 9.64 Å². The maximum absolute atomic E-state index is 12.8. The van der Waals surface area contributed by atoms with Crippen LogP contribution >= 0.6 is 0 Å². The molecule has 1 saturated heterocycles. The van der Waals surface area contributed by atoms with Crippen LogP contribution in [0.3, 0.4) is 0 Å². The van der Waals surface area contributed by atoms with Gasteiger partial charge in [0.2, 0.25) is 0 Å². The van der Waals surface area contributed by atoms with Crippen LogP contribution in [0.5, 0.6) is 5.75 Å². The third-order valence-electron chi connectivity index (χ3n) is 5.98. The second-order valence-corrected chi connectivity index (χ2v) is 10.6. The van der Waals surface area contributed by atoms with Gasteiger partial charge in [-0.05, 0) is 33.6 Å². The second-order valence-electron chi connectivity index (χ2n) is 10.6. The van der Waals surface area contributed by atoms with Crippen molar-refractivity contribution in [2.45, 2.75) is 58.9 Å². The predicted molar refractivity (Wildman–Crippen MR) is 128 cm³/mol. The molecule has 0 N–H and O–H groups in total. The van der Waals surface area contributed by atoms with Crippen LogP contribution in [0.1, 0.15) is 58.2 Å². The molecule has 0 radical (unpaired) electrons. The summed E-state index contributed by atoms with van der Waals surface area (Å²) in [5.74, 6) is 0.885. The van der Waals surface area contributed by atoms with Crippen LogP contribution in [-0.2, 0) is 22.2 Å². The van der Waals surface area contributed by atoms with Crippen molar-refractivity contribution in [2.75, 3.05) is 32.8 Å². The van der Waals surface area contributed by atoms with Gasteiger partial charge in [0.15, 0.2) is 6.61 Å². The zero-order chi connectivity index (χ0) is 22.6. The van der Waals surface area contributed by atoms with Crippen molar-refractivity contribution in [2.24, 2.45) is 0 Å². The third-order valence-corrected chi connectivity index (χ3v) is 5.98. The van der Waals surface area contributed by atoms with Gasteiger partial charge in [-0.2, -0.15) is 0 Å². The normalized spacial score (nSPS) is 15.7. The molecule has 1 amide bonds. The van der Waals surface area contributed by atoms with E-state index in [4.69, 9.17) is 4.74 Å². The van der Waals surface area contributed by atoms with Crippen LogP contribution in [0, 0.1) is 0 Å². The lowest BCUT2D eigenvalue weighted by Crippen LogP contribution is -2.49. The van der Waals surface area contributed by atoms with Gasteiger partial charge in [0.1, 0.15) is 5.75 Å². The molecule has 3 rings (SSSR count). The Hall–Kier alpha value is -2.33. The van der Waals surface area contributed by atoms with Gasteiger partial charge in [0.25, 0.3) is 5.91 Å². The van der Waals surface area contributed by atoms with Crippen LogP contribution in [0.25, 0.3) is 0 Å². The summed E-state index contributed by atoms with van der Waals surface area (Å²) in [7, 11) is 0. The minimum atomic E-state index is -0.0529. The summed E-state index contributed by atoms with van der Waals surface area (Å²) in [6.07, 6.45) is 0. The maximum Gasteiger partial charge on any atom is 0.260 e. The lowest BCUT2D eigenvalue weighted by Gasteiger charge is -2.35. The summed E-state index contributed by atoms with van der Waals surface area (Å²) >= 11 is 0. The molecule has 31 heavy (non-hydrogen) atoms. The monoisotopic (exact) mass is 422 g/mol. The molecule has 0 aliphatic carbocycles. The first-order valence-corrected chi connectivity index (χ1v) is 11.4. The van der Waals surface area contributed by atoms with Crippen molar-refractivity contribution in [3.8, 4) is 5.75 Å². The number of benzene rings is 2. The number of carbonyl (C=O) groups excluding carboxylic acids is 1. The van der Waals surface area contributed by atoms with Gasteiger partial charge in [-0.25, -0.2) is 0 Å². The number of nitrogens with zero attached hydrogens (tertiary/aromatic N) is 2. The molecular formula is C27H38N2O2. The fourth-order valence-corrected chi connectivity index (χ4v) is 3.94. The number of carbonyl (C=O) groups is 1. The zero-order valence-corrected chi connectivity index (χ0v) is 20.1. The fourth-order valence-electron chi connectivity index (χ4n) is 3.94. The summed E-state index contributed by atoms with van der Waals surface area (Å²) in [5, 5.41) is 0. The first kappa shape index (κ1) is 23.3. The summed E-state index contributed by atoms with van der Waals surface area (Å²) in [6.45, 7) is 17.6. The van der Waals surface area contributed by atoms with Crippen LogP contribution in [0.15, 0.2) is 48.5 Å². The molecule has 1 aliphatic heterocycles. The lowest BCUT2D eigenvalue weighted by molar-refractivity contribution is -0.135. The van der Waals surface area contributed by atoms with Gasteiger partial charge in [0.05, 0.1) is 0 Å². The van der Waals surface area contributed by atoms with Crippen molar-refractivity contribution in [3.63, 3.8) is 0 Å². The standard InChI is InChI=1S/C27H38N2O2/c1-26(2,3)22-12-13-24(23(18-22)27(4,5)6)31-20-25(30)29-16-14-28(15-17-29)19-21-10-8-7-9-11-21/h7-13,18H,14-17,19-20H2,1-6H3. The van der Waals surface area contributed by atoms with E-state index in [2.05, 4.69) is 82.8 Å². The first-order valence-electron chi connectivity index (χ1n) is 11.4. The van der Waals surface area contributed by atoms with Crippen molar-refractivity contribution >= 4 is 5.91 Å². The minimum Gasteiger partial charge on any atom is -0.483 e. The quantitative estimate of drug-likeness (QED) is 0.679. The van der Waals surface area contributed by atoms with Crippen molar-refractivity contribution < 1.29 is 9.53 Å². The van der Waals surface area contributed by atoms with Crippen LogP contribution in [0.2, 0.25) is 0 Å². The van der Waals surface area contributed by atoms with E-state index in [1.165, 1.54) is 11.1 Å². The van der Waals surface area contributed by atoms with E-state index in [1.807, 2.05) is 17.0 Å². The highest BCUT2D eigenvalue weighted by atomic mass is 16.5. The highest BCUT2D eigenvalue weighted by molar-refractivity contribution is 5.78. The third kappa shape index (κ3) is 6.33. The molecule has 1 heterocycles. The number of piperazine rings is 1. The Balaban J connectivity index is 1.57. The number of hydrogen-bond donors (Lipinski definition) is 0. The van der Waals surface area contributed by atoms with Crippen molar-refractivity contribution in [1.29, 1.82) is 0 Å². The number of hydrogen-bond acceptors (Lipinski definition) is 3. The van der Waals surface area contributed by atoms with E-state index in [0.717, 1.165) is 44.0 Å².